The Kier molecular flexibility index (Phi) is 10.8. The van der Waals surface area contributed by atoms with Crippen molar-refractivity contribution in [3.8, 4) is 5.75 Å². The van der Waals surface area contributed by atoms with Crippen LogP contribution in [0.4, 0.5) is 9.18 Å². The molecule has 3 aromatic rings. The molecule has 0 saturated heterocycles. The van der Waals surface area contributed by atoms with Gasteiger partial charge in [-0.25, -0.2) is 17.6 Å². The average Bonchev–Trinajstić information content (AvgIpc) is 2.92. The summed E-state index contributed by atoms with van der Waals surface area (Å²) < 4.78 is 52.2. The monoisotopic (exact) mass is 558 g/mol. The van der Waals surface area contributed by atoms with E-state index in [1.165, 1.54) is 35.7 Å². The lowest BCUT2D eigenvalue weighted by Crippen LogP contribution is -2.51. The van der Waals surface area contributed by atoms with E-state index in [-0.39, 0.29) is 36.9 Å². The molecule has 210 valence electrons. The molecule has 0 bridgehead atoms. The van der Waals surface area contributed by atoms with Crippen molar-refractivity contribution in [3.05, 3.63) is 95.8 Å². The molecular formula is C29H35FN2O6S. The van der Waals surface area contributed by atoms with Gasteiger partial charge in [0.2, 0.25) is 10.0 Å². The highest BCUT2D eigenvalue weighted by Crippen LogP contribution is 2.22. The van der Waals surface area contributed by atoms with Gasteiger partial charge in [0.05, 0.1) is 24.2 Å². The zero-order chi connectivity index (χ0) is 28.4. The fourth-order valence-corrected chi connectivity index (χ4v) is 5.61. The van der Waals surface area contributed by atoms with E-state index in [1.807, 2.05) is 44.2 Å². The number of alkyl carbamates (subject to hydrolysis) is 1. The van der Waals surface area contributed by atoms with Crippen LogP contribution in [0.3, 0.4) is 0 Å². The van der Waals surface area contributed by atoms with E-state index in [2.05, 4.69) is 5.32 Å². The lowest BCUT2D eigenvalue weighted by atomic mass is 10.0. The first-order valence-electron chi connectivity index (χ1n) is 12.6. The molecular weight excluding hydrogens is 523 g/mol. The summed E-state index contributed by atoms with van der Waals surface area (Å²) in [5.74, 6) is 0.0614. The van der Waals surface area contributed by atoms with Gasteiger partial charge in [0.15, 0.2) is 0 Å². The maximum Gasteiger partial charge on any atom is 0.407 e. The molecule has 0 fully saturated rings. The summed E-state index contributed by atoms with van der Waals surface area (Å²) in [5, 5.41) is 13.9. The van der Waals surface area contributed by atoms with Gasteiger partial charge in [-0.3, -0.25) is 0 Å². The number of nitrogens with zero attached hydrogens (tertiary/aromatic N) is 1. The van der Waals surface area contributed by atoms with E-state index in [0.717, 1.165) is 5.56 Å². The third-order valence-corrected chi connectivity index (χ3v) is 7.85. The number of hydrogen-bond donors (Lipinski definition) is 2. The fourth-order valence-electron chi connectivity index (χ4n) is 3.98. The maximum atomic E-state index is 13.5. The minimum absolute atomic E-state index is 0.0252. The molecule has 0 aromatic heterocycles. The van der Waals surface area contributed by atoms with Gasteiger partial charge in [-0.15, -0.1) is 0 Å². The number of ether oxygens (including phenoxy) is 2. The van der Waals surface area contributed by atoms with Crippen molar-refractivity contribution in [2.75, 3.05) is 20.2 Å². The van der Waals surface area contributed by atoms with Gasteiger partial charge in [0.1, 0.15) is 18.2 Å². The van der Waals surface area contributed by atoms with E-state index in [0.29, 0.717) is 11.3 Å². The standard InChI is InChI=1S/C29H35FN2O6S/c1-21(2)18-32(39(35,36)26-15-13-25(37-3)14-16-26)19-28(33)27(17-22-9-11-24(30)12-10-22)31-29(34)38-20-23-7-5-4-6-8-23/h4-16,21,27-28,33H,17-20H2,1-3H3,(H,31,34)/t27?,28-/m1/s1. The minimum atomic E-state index is -3.98. The van der Waals surface area contributed by atoms with Gasteiger partial charge in [0, 0.05) is 13.1 Å². The van der Waals surface area contributed by atoms with Gasteiger partial charge in [-0.1, -0.05) is 56.3 Å². The number of sulfonamides is 1. The van der Waals surface area contributed by atoms with Gasteiger partial charge in [-0.2, -0.15) is 4.31 Å². The van der Waals surface area contributed by atoms with E-state index < -0.39 is 34.1 Å². The summed E-state index contributed by atoms with van der Waals surface area (Å²) in [7, 11) is -2.49. The Balaban J connectivity index is 1.81. The predicted octanol–water partition coefficient (Wildman–Crippen LogP) is 4.38. The van der Waals surface area contributed by atoms with Crippen molar-refractivity contribution < 1.29 is 32.2 Å². The first-order valence-corrected chi connectivity index (χ1v) is 14.1. The quantitative estimate of drug-likeness (QED) is 0.323. The Labute approximate surface area is 229 Å². The average molecular weight is 559 g/mol. The second-order valence-electron chi connectivity index (χ2n) is 9.60. The van der Waals surface area contributed by atoms with Crippen LogP contribution < -0.4 is 10.1 Å². The van der Waals surface area contributed by atoms with Crippen molar-refractivity contribution in [2.45, 2.75) is 43.9 Å². The molecule has 39 heavy (non-hydrogen) atoms. The zero-order valence-electron chi connectivity index (χ0n) is 22.3. The maximum absolute atomic E-state index is 13.5. The van der Waals surface area contributed by atoms with Gasteiger partial charge in [-0.05, 0) is 59.9 Å². The highest BCUT2D eigenvalue weighted by molar-refractivity contribution is 7.89. The summed E-state index contributed by atoms with van der Waals surface area (Å²) >= 11 is 0. The first kappa shape index (κ1) is 30.1. The van der Waals surface area contributed by atoms with Gasteiger partial charge in [0.25, 0.3) is 0 Å². The Morgan fingerprint density at radius 2 is 1.59 bits per heavy atom. The van der Waals surface area contributed by atoms with E-state index in [1.54, 1.807) is 24.3 Å². The lowest BCUT2D eigenvalue weighted by Gasteiger charge is -2.30. The number of benzene rings is 3. The van der Waals surface area contributed by atoms with Crippen molar-refractivity contribution in [3.63, 3.8) is 0 Å². The number of methoxy groups -OCH3 is 1. The summed E-state index contributed by atoms with van der Waals surface area (Å²) in [5.41, 5.74) is 1.44. The number of rotatable bonds is 13. The molecule has 3 rings (SSSR count). The molecule has 3 aromatic carbocycles. The molecule has 0 aliphatic rings. The van der Waals surface area contributed by atoms with Crippen LogP contribution in [0.5, 0.6) is 5.75 Å². The number of hydrogen-bond acceptors (Lipinski definition) is 6. The molecule has 0 aliphatic carbocycles. The molecule has 0 spiro atoms. The number of nitrogens with one attached hydrogen (secondary N) is 1. The van der Waals surface area contributed by atoms with Crippen LogP contribution in [0.25, 0.3) is 0 Å². The fraction of sp³-hybridized carbons (Fsp3) is 0.345. The summed E-state index contributed by atoms with van der Waals surface area (Å²) in [6, 6.07) is 19.9. The van der Waals surface area contributed by atoms with E-state index >= 15 is 0 Å². The zero-order valence-corrected chi connectivity index (χ0v) is 23.1. The SMILES string of the molecule is COc1ccc(S(=O)(=O)N(CC(C)C)C[C@@H](O)C(Cc2ccc(F)cc2)NC(=O)OCc2ccccc2)cc1. The first-order chi connectivity index (χ1) is 18.6. The second kappa shape index (κ2) is 14.1. The van der Waals surface area contributed by atoms with Crippen LogP contribution in [0.15, 0.2) is 83.8 Å². The minimum Gasteiger partial charge on any atom is -0.497 e. The highest BCUT2D eigenvalue weighted by atomic mass is 32.2. The number of aliphatic hydroxyl groups is 1. The predicted molar refractivity (Wildman–Crippen MR) is 146 cm³/mol. The van der Waals surface area contributed by atoms with Crippen molar-refractivity contribution in [1.82, 2.24) is 9.62 Å². The third kappa shape index (κ3) is 9.05. The van der Waals surface area contributed by atoms with Crippen molar-refractivity contribution >= 4 is 16.1 Å². The third-order valence-electron chi connectivity index (χ3n) is 6.01. The smallest absolute Gasteiger partial charge is 0.407 e. The number of halogens is 1. The molecule has 0 aliphatic heterocycles. The molecule has 2 atom stereocenters. The number of aliphatic hydroxyl groups excluding tert-OH is 1. The molecule has 10 heteroatoms. The normalized spacial score (nSPS) is 13.2. The molecule has 8 nitrogen and oxygen atoms in total. The highest BCUT2D eigenvalue weighted by Gasteiger charge is 2.31. The van der Waals surface area contributed by atoms with Crippen LogP contribution in [-0.2, 0) is 27.8 Å². The molecule has 0 saturated carbocycles. The Morgan fingerprint density at radius 1 is 0.949 bits per heavy atom. The van der Waals surface area contributed by atoms with Crippen molar-refractivity contribution in [1.29, 1.82) is 0 Å². The molecule has 0 radical (unpaired) electrons. The van der Waals surface area contributed by atoms with Crippen LogP contribution in [0, 0.1) is 11.7 Å². The largest absolute Gasteiger partial charge is 0.497 e. The molecule has 1 unspecified atom stereocenters. The Hall–Kier alpha value is -3.47. The van der Waals surface area contributed by atoms with Crippen molar-refractivity contribution in [2.24, 2.45) is 5.92 Å². The Bertz CT molecular complexity index is 1290. The Morgan fingerprint density at radius 3 is 2.18 bits per heavy atom. The molecule has 0 heterocycles. The number of amides is 1. The lowest BCUT2D eigenvalue weighted by molar-refractivity contribution is 0.0873. The van der Waals surface area contributed by atoms with Crippen LogP contribution >= 0.6 is 0 Å². The molecule has 2 N–H and O–H groups in total. The number of carbonyl (C=O) groups is 1. The number of carbonyl (C=O) groups excluding carboxylic acids is 1. The van der Waals surface area contributed by atoms with E-state index in [9.17, 15) is 22.7 Å². The topological polar surface area (TPSA) is 105 Å². The van der Waals surface area contributed by atoms with Gasteiger partial charge < -0.3 is 19.9 Å². The summed E-state index contributed by atoms with van der Waals surface area (Å²) in [6.07, 6.45) is -1.94. The summed E-state index contributed by atoms with van der Waals surface area (Å²) in [4.78, 5) is 12.7. The second-order valence-corrected chi connectivity index (χ2v) is 11.5. The van der Waals surface area contributed by atoms with Crippen LogP contribution in [0.2, 0.25) is 0 Å². The van der Waals surface area contributed by atoms with Crippen LogP contribution in [-0.4, -0.2) is 56.3 Å². The summed E-state index contributed by atoms with van der Waals surface area (Å²) in [6.45, 7) is 3.64. The molecule has 1 amide bonds. The van der Waals surface area contributed by atoms with Gasteiger partial charge >= 0.3 is 6.09 Å². The van der Waals surface area contributed by atoms with E-state index in [4.69, 9.17) is 9.47 Å². The van der Waals surface area contributed by atoms with Crippen LogP contribution in [0.1, 0.15) is 25.0 Å².